The standard InChI is InChI=1S/C17H12N2O/c20-17(11-9-14-6-3-4-12-18-14)16-10-8-13-5-1-2-7-15(13)19-16/h1-12H. The third-order valence-electron chi connectivity index (χ3n) is 2.94. The van der Waals surface area contributed by atoms with Gasteiger partial charge in [0.25, 0.3) is 0 Å². The number of ketones is 1. The summed E-state index contributed by atoms with van der Waals surface area (Å²) in [4.78, 5) is 20.6. The highest BCUT2D eigenvalue weighted by Gasteiger charge is 2.04. The lowest BCUT2D eigenvalue weighted by atomic mass is 10.1. The molecule has 3 rings (SSSR count). The van der Waals surface area contributed by atoms with Gasteiger partial charge in [0.1, 0.15) is 5.69 Å². The van der Waals surface area contributed by atoms with Gasteiger partial charge in [0.2, 0.25) is 5.78 Å². The van der Waals surface area contributed by atoms with Gasteiger partial charge in [-0.15, -0.1) is 0 Å². The number of para-hydroxylation sites is 1. The van der Waals surface area contributed by atoms with Gasteiger partial charge < -0.3 is 0 Å². The Morgan fingerprint density at radius 1 is 0.950 bits per heavy atom. The van der Waals surface area contributed by atoms with Crippen molar-refractivity contribution in [1.82, 2.24) is 9.97 Å². The summed E-state index contributed by atoms with van der Waals surface area (Å²) in [6, 6.07) is 16.9. The van der Waals surface area contributed by atoms with E-state index >= 15 is 0 Å². The first-order valence-electron chi connectivity index (χ1n) is 6.32. The van der Waals surface area contributed by atoms with Gasteiger partial charge in [-0.2, -0.15) is 0 Å². The number of nitrogens with zero attached hydrogens (tertiary/aromatic N) is 2. The molecule has 0 atom stereocenters. The summed E-state index contributed by atoms with van der Waals surface area (Å²) in [6.07, 6.45) is 4.89. The fraction of sp³-hybridized carbons (Fsp3) is 0. The number of benzene rings is 1. The van der Waals surface area contributed by atoms with E-state index in [2.05, 4.69) is 9.97 Å². The molecule has 0 radical (unpaired) electrons. The molecule has 0 aliphatic heterocycles. The zero-order valence-corrected chi connectivity index (χ0v) is 10.7. The van der Waals surface area contributed by atoms with Crippen LogP contribution >= 0.6 is 0 Å². The number of pyridine rings is 2. The van der Waals surface area contributed by atoms with Crippen LogP contribution in [0.15, 0.2) is 66.9 Å². The predicted octanol–water partition coefficient (Wildman–Crippen LogP) is 3.53. The average molecular weight is 260 g/mol. The van der Waals surface area contributed by atoms with Crippen LogP contribution in [0.3, 0.4) is 0 Å². The Morgan fingerprint density at radius 3 is 2.65 bits per heavy atom. The fourth-order valence-electron chi connectivity index (χ4n) is 1.92. The van der Waals surface area contributed by atoms with Gasteiger partial charge in [0.05, 0.1) is 11.2 Å². The van der Waals surface area contributed by atoms with Gasteiger partial charge in [0, 0.05) is 11.6 Å². The second-order valence-electron chi connectivity index (χ2n) is 4.34. The Labute approximate surface area is 116 Å². The van der Waals surface area contributed by atoms with Crippen LogP contribution in [0.25, 0.3) is 17.0 Å². The van der Waals surface area contributed by atoms with Crippen molar-refractivity contribution in [3.8, 4) is 0 Å². The molecule has 1 aromatic carbocycles. The van der Waals surface area contributed by atoms with E-state index in [9.17, 15) is 4.79 Å². The Balaban J connectivity index is 1.87. The van der Waals surface area contributed by atoms with Gasteiger partial charge >= 0.3 is 0 Å². The highest BCUT2D eigenvalue weighted by atomic mass is 16.1. The Kier molecular flexibility index (Phi) is 3.33. The molecule has 0 aliphatic rings. The zero-order chi connectivity index (χ0) is 13.8. The Morgan fingerprint density at radius 2 is 1.80 bits per heavy atom. The van der Waals surface area contributed by atoms with Crippen LogP contribution in [0.5, 0.6) is 0 Å². The molecular formula is C17H12N2O. The highest BCUT2D eigenvalue weighted by molar-refractivity contribution is 6.06. The van der Waals surface area contributed by atoms with E-state index in [0.717, 1.165) is 16.6 Å². The van der Waals surface area contributed by atoms with Crippen molar-refractivity contribution in [2.24, 2.45) is 0 Å². The summed E-state index contributed by atoms with van der Waals surface area (Å²) >= 11 is 0. The van der Waals surface area contributed by atoms with E-state index in [1.54, 1.807) is 18.3 Å². The molecule has 0 aliphatic carbocycles. The third kappa shape index (κ3) is 2.62. The smallest absolute Gasteiger partial charge is 0.204 e. The van der Waals surface area contributed by atoms with Gasteiger partial charge in [0.15, 0.2) is 0 Å². The van der Waals surface area contributed by atoms with Crippen molar-refractivity contribution in [2.75, 3.05) is 0 Å². The van der Waals surface area contributed by atoms with Crippen LogP contribution in [-0.2, 0) is 0 Å². The molecule has 0 saturated carbocycles. The monoisotopic (exact) mass is 260 g/mol. The lowest BCUT2D eigenvalue weighted by molar-refractivity contribution is 0.104. The summed E-state index contributed by atoms with van der Waals surface area (Å²) < 4.78 is 0. The molecule has 0 spiro atoms. The van der Waals surface area contributed by atoms with Gasteiger partial charge in [-0.25, -0.2) is 4.98 Å². The second-order valence-corrected chi connectivity index (χ2v) is 4.34. The number of hydrogen-bond donors (Lipinski definition) is 0. The largest absolute Gasteiger partial charge is 0.288 e. The van der Waals surface area contributed by atoms with Crippen molar-refractivity contribution in [2.45, 2.75) is 0 Å². The van der Waals surface area contributed by atoms with Crippen LogP contribution < -0.4 is 0 Å². The SMILES string of the molecule is O=C(C=Cc1ccccn1)c1ccc2ccccc2n1. The summed E-state index contributed by atoms with van der Waals surface area (Å²) in [5.74, 6) is -0.124. The minimum atomic E-state index is -0.124. The quantitative estimate of drug-likeness (QED) is 0.534. The van der Waals surface area contributed by atoms with Crippen molar-refractivity contribution in [3.63, 3.8) is 0 Å². The molecule has 0 fully saturated rings. The topological polar surface area (TPSA) is 42.9 Å². The number of carbonyl (C=O) groups excluding carboxylic acids is 1. The van der Waals surface area contributed by atoms with Crippen LogP contribution in [-0.4, -0.2) is 15.8 Å². The van der Waals surface area contributed by atoms with E-state index in [0.29, 0.717) is 5.69 Å². The molecule has 0 amide bonds. The minimum Gasteiger partial charge on any atom is -0.288 e. The van der Waals surface area contributed by atoms with Gasteiger partial charge in [-0.1, -0.05) is 30.3 Å². The van der Waals surface area contributed by atoms with Crippen molar-refractivity contribution < 1.29 is 4.79 Å². The van der Waals surface area contributed by atoms with Crippen LogP contribution in [0.1, 0.15) is 16.2 Å². The lowest BCUT2D eigenvalue weighted by Gasteiger charge is -1.99. The fourth-order valence-corrected chi connectivity index (χ4v) is 1.92. The molecule has 0 bridgehead atoms. The summed E-state index contributed by atoms with van der Waals surface area (Å²) in [6.45, 7) is 0. The van der Waals surface area contributed by atoms with E-state index < -0.39 is 0 Å². The number of allylic oxidation sites excluding steroid dienone is 1. The molecule has 3 nitrogen and oxygen atoms in total. The molecular weight excluding hydrogens is 248 g/mol. The predicted molar refractivity (Wildman–Crippen MR) is 79.3 cm³/mol. The zero-order valence-electron chi connectivity index (χ0n) is 10.7. The molecule has 0 unspecified atom stereocenters. The number of rotatable bonds is 3. The van der Waals surface area contributed by atoms with Crippen LogP contribution in [0.4, 0.5) is 0 Å². The van der Waals surface area contributed by atoms with E-state index in [1.165, 1.54) is 6.08 Å². The second kappa shape index (κ2) is 5.45. The van der Waals surface area contributed by atoms with E-state index in [-0.39, 0.29) is 5.78 Å². The molecule has 96 valence electrons. The number of carbonyl (C=O) groups is 1. The summed E-state index contributed by atoms with van der Waals surface area (Å²) in [5, 5.41) is 1.03. The maximum atomic E-state index is 12.1. The summed E-state index contributed by atoms with van der Waals surface area (Å²) in [7, 11) is 0. The molecule has 3 aromatic rings. The number of fused-ring (bicyclic) bond motifs is 1. The lowest BCUT2D eigenvalue weighted by Crippen LogP contribution is -1.98. The molecule has 0 N–H and O–H groups in total. The molecule has 2 aromatic heterocycles. The third-order valence-corrected chi connectivity index (χ3v) is 2.94. The van der Waals surface area contributed by atoms with Gasteiger partial charge in [-0.05, 0) is 36.4 Å². The first-order valence-corrected chi connectivity index (χ1v) is 6.32. The highest BCUT2D eigenvalue weighted by Crippen LogP contribution is 2.12. The van der Waals surface area contributed by atoms with Crippen molar-refractivity contribution in [1.29, 1.82) is 0 Å². The Hall–Kier alpha value is -2.81. The van der Waals surface area contributed by atoms with E-state index in [4.69, 9.17) is 0 Å². The first-order chi connectivity index (χ1) is 9.83. The Bertz CT molecular complexity index is 779. The van der Waals surface area contributed by atoms with Gasteiger partial charge in [-0.3, -0.25) is 9.78 Å². The average Bonchev–Trinajstić information content (AvgIpc) is 2.53. The minimum absolute atomic E-state index is 0.124. The van der Waals surface area contributed by atoms with Crippen molar-refractivity contribution >= 4 is 22.8 Å². The maximum Gasteiger partial charge on any atom is 0.204 e. The molecule has 2 heterocycles. The molecule has 20 heavy (non-hydrogen) atoms. The van der Waals surface area contributed by atoms with E-state index in [1.807, 2.05) is 48.5 Å². The number of aromatic nitrogens is 2. The summed E-state index contributed by atoms with van der Waals surface area (Å²) in [5.41, 5.74) is 2.02. The number of hydrogen-bond acceptors (Lipinski definition) is 3. The van der Waals surface area contributed by atoms with Crippen molar-refractivity contribution in [3.05, 3.63) is 78.3 Å². The molecule has 0 saturated heterocycles. The van der Waals surface area contributed by atoms with Crippen LogP contribution in [0, 0.1) is 0 Å². The molecule has 3 heteroatoms. The van der Waals surface area contributed by atoms with Crippen LogP contribution in [0.2, 0.25) is 0 Å². The first kappa shape index (κ1) is 12.2. The maximum absolute atomic E-state index is 12.1. The normalized spacial score (nSPS) is 11.0.